The zero-order valence-electron chi connectivity index (χ0n) is 8.80. The van der Waals surface area contributed by atoms with Crippen LogP contribution in [-0.4, -0.2) is 16.4 Å². The highest BCUT2D eigenvalue weighted by molar-refractivity contribution is 8.15. The summed E-state index contributed by atoms with van der Waals surface area (Å²) in [6.07, 6.45) is 10.4. The molecule has 0 aromatic carbocycles. The Hall–Kier alpha value is 0.220. The minimum atomic E-state index is 0.731. The van der Waals surface area contributed by atoms with E-state index in [0.717, 1.165) is 21.7 Å². The average Bonchev–Trinajstić information content (AvgIpc) is 2.58. The maximum absolute atomic E-state index is 2.66. The maximum Gasteiger partial charge on any atom is 0.00231 e. The first kappa shape index (κ1) is 9.76. The van der Waals surface area contributed by atoms with Gasteiger partial charge in [0.15, 0.2) is 0 Å². The van der Waals surface area contributed by atoms with E-state index in [0.29, 0.717) is 0 Å². The Labute approximate surface area is 85.0 Å². The second-order valence-electron chi connectivity index (χ2n) is 4.50. The maximum atomic E-state index is 2.66. The lowest BCUT2D eigenvalue weighted by atomic mass is 9.87. The molecule has 1 heterocycles. The fourth-order valence-corrected chi connectivity index (χ4v) is 5.88. The summed E-state index contributed by atoms with van der Waals surface area (Å²) in [6, 6.07) is 0. The zero-order valence-corrected chi connectivity index (χ0v) is 9.61. The largest absolute Gasteiger partial charge is 0.186 e. The number of fused-ring (bicyclic) bond motifs is 1. The van der Waals surface area contributed by atoms with Crippen LogP contribution in [0.3, 0.4) is 0 Å². The summed E-state index contributed by atoms with van der Waals surface area (Å²) in [7, 11) is 0.731. The minimum Gasteiger partial charge on any atom is -0.186 e. The average molecular weight is 198 g/mol. The molecule has 1 aliphatic carbocycles. The molecule has 76 valence electrons. The molecule has 3 atom stereocenters. The van der Waals surface area contributed by atoms with E-state index in [4.69, 9.17) is 0 Å². The van der Waals surface area contributed by atoms with Crippen LogP contribution in [0.2, 0.25) is 0 Å². The van der Waals surface area contributed by atoms with Crippen LogP contribution in [0.25, 0.3) is 0 Å². The van der Waals surface area contributed by atoms with Gasteiger partial charge in [0.25, 0.3) is 0 Å². The number of rotatable bonds is 2. The minimum absolute atomic E-state index is 0.731. The molecule has 0 bridgehead atoms. The standard InChI is InChI=1S/C12H22S/c1-2-3-9-13-10-8-11-6-4-5-7-12(11)13/h9,11-12H,2-8,10H2,1H3. The van der Waals surface area contributed by atoms with E-state index in [1.165, 1.54) is 31.4 Å². The van der Waals surface area contributed by atoms with Crippen LogP contribution < -0.4 is 0 Å². The molecule has 0 nitrogen and oxygen atoms in total. The van der Waals surface area contributed by atoms with Gasteiger partial charge in [0.1, 0.15) is 0 Å². The summed E-state index contributed by atoms with van der Waals surface area (Å²) in [5.74, 6) is 2.67. The summed E-state index contributed by atoms with van der Waals surface area (Å²) in [6.45, 7) is 2.30. The molecule has 1 aliphatic heterocycles. The van der Waals surface area contributed by atoms with Crippen molar-refractivity contribution in [1.82, 2.24) is 0 Å². The Morgan fingerprint density at radius 1 is 1.23 bits per heavy atom. The molecule has 1 saturated heterocycles. The van der Waals surface area contributed by atoms with Gasteiger partial charge in [-0.25, -0.2) is 0 Å². The molecule has 0 radical (unpaired) electrons. The lowest BCUT2D eigenvalue weighted by Gasteiger charge is -2.26. The second-order valence-corrected chi connectivity index (χ2v) is 6.79. The molecule has 1 saturated carbocycles. The van der Waals surface area contributed by atoms with Gasteiger partial charge in [-0.3, -0.25) is 0 Å². The summed E-state index contributed by atoms with van der Waals surface area (Å²) in [4.78, 5) is 0. The van der Waals surface area contributed by atoms with Gasteiger partial charge >= 0.3 is 0 Å². The summed E-state index contributed by atoms with van der Waals surface area (Å²) in [5.41, 5.74) is 0. The third-order valence-corrected chi connectivity index (χ3v) is 6.34. The highest BCUT2D eigenvalue weighted by Gasteiger charge is 2.31. The molecule has 1 heteroatoms. The summed E-state index contributed by atoms with van der Waals surface area (Å²) in [5, 5.41) is 3.79. The molecule has 0 amide bonds. The van der Waals surface area contributed by atoms with Crippen molar-refractivity contribution in [2.75, 3.05) is 5.75 Å². The lowest BCUT2D eigenvalue weighted by molar-refractivity contribution is 0.378. The van der Waals surface area contributed by atoms with E-state index in [1.807, 2.05) is 0 Å². The quantitative estimate of drug-likeness (QED) is 0.592. The van der Waals surface area contributed by atoms with E-state index in [2.05, 4.69) is 12.3 Å². The molecule has 2 aliphatic rings. The van der Waals surface area contributed by atoms with Crippen molar-refractivity contribution in [2.45, 2.75) is 57.1 Å². The van der Waals surface area contributed by atoms with Gasteiger partial charge in [0.05, 0.1) is 0 Å². The van der Waals surface area contributed by atoms with Crippen molar-refractivity contribution in [2.24, 2.45) is 5.92 Å². The third kappa shape index (κ3) is 2.18. The second kappa shape index (κ2) is 4.63. The Morgan fingerprint density at radius 2 is 2.08 bits per heavy atom. The van der Waals surface area contributed by atoms with Crippen molar-refractivity contribution in [3.63, 3.8) is 0 Å². The predicted octanol–water partition coefficient (Wildman–Crippen LogP) is 3.82. The first-order valence-corrected chi connectivity index (χ1v) is 7.45. The summed E-state index contributed by atoms with van der Waals surface area (Å²) >= 11 is 0. The monoisotopic (exact) mass is 198 g/mol. The van der Waals surface area contributed by atoms with Gasteiger partial charge in [-0.1, -0.05) is 31.6 Å². The van der Waals surface area contributed by atoms with Crippen LogP contribution in [0.15, 0.2) is 0 Å². The van der Waals surface area contributed by atoms with E-state index < -0.39 is 0 Å². The first-order valence-electron chi connectivity index (χ1n) is 5.93. The molecular formula is C12H22S. The van der Waals surface area contributed by atoms with Gasteiger partial charge in [-0.2, -0.15) is 10.5 Å². The summed E-state index contributed by atoms with van der Waals surface area (Å²) < 4.78 is 0. The van der Waals surface area contributed by atoms with E-state index in [-0.39, 0.29) is 0 Å². The highest BCUT2D eigenvalue weighted by Crippen LogP contribution is 2.45. The Kier molecular flexibility index (Phi) is 3.48. The first-order chi connectivity index (χ1) is 6.42. The van der Waals surface area contributed by atoms with Crippen LogP contribution in [0, 0.1) is 5.92 Å². The van der Waals surface area contributed by atoms with Gasteiger partial charge in [0.2, 0.25) is 0 Å². The van der Waals surface area contributed by atoms with E-state index in [1.54, 1.807) is 19.3 Å². The molecule has 0 aromatic heterocycles. The molecule has 3 unspecified atom stereocenters. The number of hydrogen-bond donors (Lipinski definition) is 0. The van der Waals surface area contributed by atoms with Crippen molar-refractivity contribution in [3.05, 3.63) is 0 Å². The third-order valence-electron chi connectivity index (χ3n) is 3.57. The molecule has 0 aromatic rings. The van der Waals surface area contributed by atoms with E-state index >= 15 is 0 Å². The van der Waals surface area contributed by atoms with Crippen LogP contribution in [0.1, 0.15) is 51.9 Å². The van der Waals surface area contributed by atoms with Crippen molar-refractivity contribution in [3.8, 4) is 0 Å². The van der Waals surface area contributed by atoms with Crippen molar-refractivity contribution < 1.29 is 0 Å². The van der Waals surface area contributed by atoms with Gasteiger partial charge < -0.3 is 0 Å². The Morgan fingerprint density at radius 3 is 2.92 bits per heavy atom. The highest BCUT2D eigenvalue weighted by atomic mass is 32.2. The van der Waals surface area contributed by atoms with Crippen LogP contribution in [-0.2, 0) is 0 Å². The van der Waals surface area contributed by atoms with Crippen LogP contribution >= 0.6 is 10.5 Å². The molecule has 0 N–H and O–H groups in total. The van der Waals surface area contributed by atoms with Crippen molar-refractivity contribution >= 4 is 15.9 Å². The van der Waals surface area contributed by atoms with Crippen LogP contribution in [0.4, 0.5) is 0 Å². The number of hydrogen-bond acceptors (Lipinski definition) is 0. The molecular weight excluding hydrogens is 176 g/mol. The molecule has 2 fully saturated rings. The molecule has 13 heavy (non-hydrogen) atoms. The van der Waals surface area contributed by atoms with Crippen LogP contribution in [0.5, 0.6) is 0 Å². The lowest BCUT2D eigenvalue weighted by Crippen LogP contribution is -2.17. The fraction of sp³-hybridized carbons (Fsp3) is 0.917. The van der Waals surface area contributed by atoms with Gasteiger partial charge in [-0.15, -0.1) is 0 Å². The zero-order chi connectivity index (χ0) is 9.10. The Balaban J connectivity index is 1.98. The fourth-order valence-electron chi connectivity index (χ4n) is 2.82. The number of unbranched alkanes of at least 4 members (excludes halogenated alkanes) is 1. The van der Waals surface area contributed by atoms with Gasteiger partial charge in [0, 0.05) is 5.25 Å². The SMILES string of the molecule is CCC/C=S1/CCC2CCCCC21. The predicted molar refractivity (Wildman–Crippen MR) is 63.8 cm³/mol. The Bertz CT molecular complexity index is 195. The molecule has 0 spiro atoms. The van der Waals surface area contributed by atoms with Crippen molar-refractivity contribution in [1.29, 1.82) is 0 Å². The smallest absolute Gasteiger partial charge is 0.00231 e. The van der Waals surface area contributed by atoms with E-state index in [9.17, 15) is 0 Å². The normalized spacial score (nSPS) is 39.3. The topological polar surface area (TPSA) is 0 Å². The van der Waals surface area contributed by atoms with Gasteiger partial charge in [-0.05, 0) is 37.4 Å². The molecule has 2 rings (SSSR count).